The van der Waals surface area contributed by atoms with Crippen molar-refractivity contribution in [1.29, 1.82) is 0 Å². The highest BCUT2D eigenvalue weighted by Gasteiger charge is 2.13. The van der Waals surface area contributed by atoms with Crippen molar-refractivity contribution >= 4 is 5.96 Å². The summed E-state index contributed by atoms with van der Waals surface area (Å²) in [6.07, 6.45) is 11.6. The zero-order chi connectivity index (χ0) is 20.7. The van der Waals surface area contributed by atoms with Gasteiger partial charge in [-0.3, -0.25) is 9.89 Å². The van der Waals surface area contributed by atoms with Crippen LogP contribution in [-0.4, -0.2) is 76.1 Å². The standard InChI is InChI=1S/C23H40N4O3/c1-2-7-21(8-3-1)30-18-6-12-25-23(26-13-10-22-9-4-17-29-22)24-11-5-14-27-15-19-28-20-16-27/h4,9,17,21H,1-3,5-8,10-16,18-20H2,(H2,24,25,26). The zero-order valence-electron chi connectivity index (χ0n) is 18.4. The molecule has 1 saturated heterocycles. The third kappa shape index (κ3) is 9.49. The Bertz CT molecular complexity index is 567. The van der Waals surface area contributed by atoms with Gasteiger partial charge >= 0.3 is 0 Å². The topological polar surface area (TPSA) is 71.3 Å². The monoisotopic (exact) mass is 420 g/mol. The Morgan fingerprint density at radius 2 is 1.93 bits per heavy atom. The van der Waals surface area contributed by atoms with Crippen molar-refractivity contribution in [3.05, 3.63) is 24.2 Å². The van der Waals surface area contributed by atoms with Crippen LogP contribution in [0.2, 0.25) is 0 Å². The van der Waals surface area contributed by atoms with Gasteiger partial charge in [-0.05, 0) is 44.4 Å². The number of hydrogen-bond acceptors (Lipinski definition) is 5. The number of ether oxygens (including phenoxy) is 2. The van der Waals surface area contributed by atoms with Crippen LogP contribution < -0.4 is 10.6 Å². The van der Waals surface area contributed by atoms with E-state index in [0.29, 0.717) is 6.10 Å². The lowest BCUT2D eigenvalue weighted by atomic mass is 9.98. The number of aliphatic imine (C=N–C) groups is 1. The maximum Gasteiger partial charge on any atom is 0.191 e. The number of nitrogens with zero attached hydrogens (tertiary/aromatic N) is 2. The molecule has 0 radical (unpaired) electrons. The lowest BCUT2D eigenvalue weighted by Gasteiger charge is -2.26. The Morgan fingerprint density at radius 3 is 2.73 bits per heavy atom. The molecule has 1 aliphatic heterocycles. The fourth-order valence-corrected chi connectivity index (χ4v) is 4.00. The Kier molecular flexibility index (Phi) is 11.1. The Morgan fingerprint density at radius 1 is 1.10 bits per heavy atom. The highest BCUT2D eigenvalue weighted by Crippen LogP contribution is 2.20. The average molecular weight is 421 g/mol. The van der Waals surface area contributed by atoms with Gasteiger partial charge in [0.05, 0.1) is 25.6 Å². The minimum atomic E-state index is 0.479. The van der Waals surface area contributed by atoms with Crippen molar-refractivity contribution in [2.75, 3.05) is 59.1 Å². The van der Waals surface area contributed by atoms with E-state index in [1.165, 1.54) is 32.1 Å². The van der Waals surface area contributed by atoms with E-state index in [2.05, 4.69) is 15.5 Å². The van der Waals surface area contributed by atoms with Crippen LogP contribution in [-0.2, 0) is 15.9 Å². The molecule has 2 fully saturated rings. The fourth-order valence-electron chi connectivity index (χ4n) is 4.00. The van der Waals surface area contributed by atoms with Gasteiger partial charge in [-0.25, -0.2) is 0 Å². The first-order valence-electron chi connectivity index (χ1n) is 11.9. The highest BCUT2D eigenvalue weighted by atomic mass is 16.5. The van der Waals surface area contributed by atoms with Crippen LogP contribution in [0.3, 0.4) is 0 Å². The third-order valence-corrected chi connectivity index (χ3v) is 5.77. The summed E-state index contributed by atoms with van der Waals surface area (Å²) < 4.78 is 16.9. The lowest BCUT2D eigenvalue weighted by molar-refractivity contribution is 0.0281. The molecule has 7 nitrogen and oxygen atoms in total. The molecule has 2 N–H and O–H groups in total. The molecule has 0 aromatic carbocycles. The maximum atomic E-state index is 6.02. The molecule has 2 aliphatic rings. The molecule has 0 amide bonds. The van der Waals surface area contributed by atoms with E-state index in [4.69, 9.17) is 18.9 Å². The summed E-state index contributed by atoms with van der Waals surface area (Å²) in [5, 5.41) is 6.93. The highest BCUT2D eigenvalue weighted by molar-refractivity contribution is 5.79. The van der Waals surface area contributed by atoms with Crippen molar-refractivity contribution in [3.63, 3.8) is 0 Å². The van der Waals surface area contributed by atoms with E-state index < -0.39 is 0 Å². The van der Waals surface area contributed by atoms with Gasteiger partial charge in [0.25, 0.3) is 0 Å². The number of rotatable bonds is 12. The number of morpholine rings is 1. The molecule has 1 saturated carbocycles. The molecular weight excluding hydrogens is 380 g/mol. The summed E-state index contributed by atoms with van der Waals surface area (Å²) in [6, 6.07) is 3.94. The zero-order valence-corrected chi connectivity index (χ0v) is 18.4. The van der Waals surface area contributed by atoms with Crippen molar-refractivity contribution in [1.82, 2.24) is 15.5 Å². The normalized spacial score (nSPS) is 19.1. The predicted molar refractivity (Wildman–Crippen MR) is 120 cm³/mol. The summed E-state index contributed by atoms with van der Waals surface area (Å²) in [7, 11) is 0. The molecule has 2 heterocycles. The smallest absolute Gasteiger partial charge is 0.191 e. The van der Waals surface area contributed by atoms with E-state index in [-0.39, 0.29) is 0 Å². The van der Waals surface area contributed by atoms with Gasteiger partial charge < -0.3 is 24.5 Å². The summed E-state index contributed by atoms with van der Waals surface area (Å²) in [4.78, 5) is 7.23. The molecule has 3 rings (SSSR count). The minimum Gasteiger partial charge on any atom is -0.469 e. The molecule has 0 bridgehead atoms. The number of guanidine groups is 1. The lowest BCUT2D eigenvalue weighted by Crippen LogP contribution is -2.41. The van der Waals surface area contributed by atoms with Gasteiger partial charge in [-0.2, -0.15) is 0 Å². The second kappa shape index (κ2) is 14.4. The van der Waals surface area contributed by atoms with Crippen LogP contribution in [0.15, 0.2) is 27.8 Å². The molecule has 0 spiro atoms. The third-order valence-electron chi connectivity index (χ3n) is 5.77. The summed E-state index contributed by atoms with van der Waals surface area (Å²) in [5.74, 6) is 1.89. The van der Waals surface area contributed by atoms with Gasteiger partial charge in [0, 0.05) is 45.8 Å². The van der Waals surface area contributed by atoms with Gasteiger partial charge in [0.15, 0.2) is 5.96 Å². The molecule has 7 heteroatoms. The molecule has 30 heavy (non-hydrogen) atoms. The first kappa shape index (κ1) is 23.1. The maximum absolute atomic E-state index is 6.02. The largest absolute Gasteiger partial charge is 0.469 e. The summed E-state index contributed by atoms with van der Waals surface area (Å²) >= 11 is 0. The molecule has 1 aromatic rings. The first-order valence-corrected chi connectivity index (χ1v) is 11.9. The second-order valence-electron chi connectivity index (χ2n) is 8.21. The van der Waals surface area contributed by atoms with Crippen molar-refractivity contribution in [3.8, 4) is 0 Å². The molecule has 1 aliphatic carbocycles. The fraction of sp³-hybridized carbons (Fsp3) is 0.783. The van der Waals surface area contributed by atoms with Crippen LogP contribution in [0, 0.1) is 0 Å². The van der Waals surface area contributed by atoms with Crippen LogP contribution >= 0.6 is 0 Å². The molecule has 170 valence electrons. The Balaban J connectivity index is 1.33. The average Bonchev–Trinajstić information content (AvgIpc) is 3.31. The summed E-state index contributed by atoms with van der Waals surface area (Å²) in [5.41, 5.74) is 0. The van der Waals surface area contributed by atoms with E-state index in [0.717, 1.165) is 90.1 Å². The van der Waals surface area contributed by atoms with Gasteiger partial charge in [-0.15, -0.1) is 0 Å². The molecule has 0 unspecified atom stereocenters. The van der Waals surface area contributed by atoms with E-state index in [1.54, 1.807) is 6.26 Å². The Hall–Kier alpha value is -1.57. The number of nitrogens with one attached hydrogen (secondary N) is 2. The number of furan rings is 1. The second-order valence-corrected chi connectivity index (χ2v) is 8.21. The minimum absolute atomic E-state index is 0.479. The quantitative estimate of drug-likeness (QED) is 0.308. The number of hydrogen-bond donors (Lipinski definition) is 2. The van der Waals surface area contributed by atoms with Gasteiger partial charge in [-0.1, -0.05) is 19.3 Å². The Labute approximate surface area is 181 Å². The van der Waals surface area contributed by atoms with Crippen molar-refractivity contribution in [2.45, 2.75) is 57.5 Å². The van der Waals surface area contributed by atoms with Crippen LogP contribution in [0.1, 0.15) is 50.7 Å². The summed E-state index contributed by atoms with van der Waals surface area (Å²) in [6.45, 7) is 8.23. The van der Waals surface area contributed by atoms with Crippen LogP contribution in [0.25, 0.3) is 0 Å². The SMILES string of the molecule is c1coc(CCNC(=NCCCOC2CCCCC2)NCCCN2CCOCC2)c1. The van der Waals surface area contributed by atoms with E-state index in [9.17, 15) is 0 Å². The predicted octanol–water partition coefficient (Wildman–Crippen LogP) is 2.82. The molecular formula is C23H40N4O3. The van der Waals surface area contributed by atoms with Crippen LogP contribution in [0.4, 0.5) is 0 Å². The van der Waals surface area contributed by atoms with Crippen molar-refractivity contribution in [2.24, 2.45) is 4.99 Å². The van der Waals surface area contributed by atoms with Gasteiger partial charge in [0.2, 0.25) is 0 Å². The first-order chi connectivity index (χ1) is 14.9. The molecule has 1 aromatic heterocycles. The van der Waals surface area contributed by atoms with Gasteiger partial charge in [0.1, 0.15) is 5.76 Å². The molecule has 0 atom stereocenters. The van der Waals surface area contributed by atoms with Crippen molar-refractivity contribution < 1.29 is 13.9 Å². The van der Waals surface area contributed by atoms with E-state index in [1.807, 2.05) is 12.1 Å². The van der Waals surface area contributed by atoms with Crippen LogP contribution in [0.5, 0.6) is 0 Å². The van der Waals surface area contributed by atoms with E-state index >= 15 is 0 Å².